The van der Waals surface area contributed by atoms with Crippen molar-refractivity contribution in [3.8, 4) is 5.75 Å². The second-order valence-electron chi connectivity index (χ2n) is 4.39. The summed E-state index contributed by atoms with van der Waals surface area (Å²) in [5.41, 5.74) is -0.0978. The standard InChI is InChI=1S/C12H14N2O4/c15-9-2-1-5-13-11(9)12(18)14(7-10(16)17)6-8-3-4-8/h1-2,5,8,15H,3-4,6-7H2,(H,16,17). The number of carboxylic acid groups (broad SMARTS) is 1. The Bertz CT molecular complexity index is 471. The van der Waals surface area contributed by atoms with Crippen molar-refractivity contribution in [2.24, 2.45) is 5.92 Å². The quantitative estimate of drug-likeness (QED) is 0.803. The third kappa shape index (κ3) is 2.97. The van der Waals surface area contributed by atoms with Gasteiger partial charge in [0.2, 0.25) is 0 Å². The Labute approximate surface area is 104 Å². The molecule has 0 bridgehead atoms. The lowest BCUT2D eigenvalue weighted by Crippen LogP contribution is -2.37. The molecule has 0 spiro atoms. The number of aromatic nitrogens is 1. The summed E-state index contributed by atoms with van der Waals surface area (Å²) >= 11 is 0. The van der Waals surface area contributed by atoms with Crippen LogP contribution in [0.25, 0.3) is 0 Å². The van der Waals surface area contributed by atoms with Crippen LogP contribution >= 0.6 is 0 Å². The third-order valence-corrected chi connectivity index (χ3v) is 2.78. The Balaban J connectivity index is 2.15. The van der Waals surface area contributed by atoms with Crippen LogP contribution in [0.5, 0.6) is 5.75 Å². The van der Waals surface area contributed by atoms with E-state index < -0.39 is 11.9 Å². The predicted molar refractivity (Wildman–Crippen MR) is 62.2 cm³/mol. The number of nitrogens with zero attached hydrogens (tertiary/aromatic N) is 2. The SMILES string of the molecule is O=C(O)CN(CC1CC1)C(=O)c1ncccc1O. The molecule has 0 atom stereocenters. The number of aliphatic carboxylic acids is 1. The second-order valence-corrected chi connectivity index (χ2v) is 4.39. The molecule has 96 valence electrons. The van der Waals surface area contributed by atoms with Crippen LogP contribution in [0.3, 0.4) is 0 Å². The lowest BCUT2D eigenvalue weighted by atomic mass is 10.2. The van der Waals surface area contributed by atoms with Crippen LogP contribution in [-0.2, 0) is 4.79 Å². The van der Waals surface area contributed by atoms with E-state index in [0.717, 1.165) is 12.8 Å². The summed E-state index contributed by atoms with van der Waals surface area (Å²) in [5.74, 6) is -1.46. The van der Waals surface area contributed by atoms with E-state index in [0.29, 0.717) is 12.5 Å². The molecule has 1 saturated carbocycles. The number of rotatable bonds is 5. The van der Waals surface area contributed by atoms with Gasteiger partial charge in [-0.3, -0.25) is 9.59 Å². The van der Waals surface area contributed by atoms with Crippen LogP contribution in [0.2, 0.25) is 0 Å². The van der Waals surface area contributed by atoms with Crippen molar-refractivity contribution in [2.45, 2.75) is 12.8 Å². The zero-order valence-electron chi connectivity index (χ0n) is 9.74. The maximum Gasteiger partial charge on any atom is 0.323 e. The molecular formula is C12H14N2O4. The monoisotopic (exact) mass is 250 g/mol. The third-order valence-electron chi connectivity index (χ3n) is 2.78. The number of aromatic hydroxyl groups is 1. The summed E-state index contributed by atoms with van der Waals surface area (Å²) in [4.78, 5) is 27.9. The summed E-state index contributed by atoms with van der Waals surface area (Å²) in [6, 6.07) is 2.87. The first kappa shape index (κ1) is 12.3. The molecular weight excluding hydrogens is 236 g/mol. The molecule has 6 nitrogen and oxygen atoms in total. The molecule has 1 aromatic rings. The first-order valence-corrected chi connectivity index (χ1v) is 5.73. The average molecular weight is 250 g/mol. The highest BCUT2D eigenvalue weighted by atomic mass is 16.4. The van der Waals surface area contributed by atoms with Gasteiger partial charge in [-0.05, 0) is 30.9 Å². The highest BCUT2D eigenvalue weighted by Gasteiger charge is 2.29. The van der Waals surface area contributed by atoms with Gasteiger partial charge in [-0.15, -0.1) is 0 Å². The molecule has 1 aliphatic rings. The van der Waals surface area contributed by atoms with Gasteiger partial charge in [-0.1, -0.05) is 0 Å². The highest BCUT2D eigenvalue weighted by molar-refractivity contribution is 5.96. The summed E-state index contributed by atoms with van der Waals surface area (Å²) in [6.45, 7) is 0.0342. The smallest absolute Gasteiger partial charge is 0.323 e. The van der Waals surface area contributed by atoms with Crippen LogP contribution in [0.4, 0.5) is 0 Å². The minimum atomic E-state index is -1.07. The van der Waals surface area contributed by atoms with Crippen molar-refractivity contribution in [3.05, 3.63) is 24.0 Å². The number of carbonyl (C=O) groups is 2. The van der Waals surface area contributed by atoms with Crippen LogP contribution in [0.15, 0.2) is 18.3 Å². The first-order valence-electron chi connectivity index (χ1n) is 5.73. The van der Waals surface area contributed by atoms with Crippen LogP contribution < -0.4 is 0 Å². The zero-order chi connectivity index (χ0) is 13.1. The maximum absolute atomic E-state index is 12.1. The van der Waals surface area contributed by atoms with Gasteiger partial charge in [-0.2, -0.15) is 0 Å². The predicted octanol–water partition coefficient (Wildman–Crippen LogP) is 0.724. The van der Waals surface area contributed by atoms with Gasteiger partial charge in [0.1, 0.15) is 12.3 Å². The molecule has 0 aromatic carbocycles. The number of carboxylic acids is 1. The molecule has 0 radical (unpaired) electrons. The van der Waals surface area contributed by atoms with E-state index in [4.69, 9.17) is 5.11 Å². The van der Waals surface area contributed by atoms with E-state index in [-0.39, 0.29) is 18.0 Å². The largest absolute Gasteiger partial charge is 0.505 e. The molecule has 1 heterocycles. The molecule has 1 amide bonds. The van der Waals surface area contributed by atoms with E-state index in [1.165, 1.54) is 23.2 Å². The van der Waals surface area contributed by atoms with Gasteiger partial charge in [0.05, 0.1) is 0 Å². The molecule has 0 aliphatic heterocycles. The molecule has 0 saturated heterocycles. The Hall–Kier alpha value is -2.11. The Morgan fingerprint density at radius 2 is 2.17 bits per heavy atom. The molecule has 1 aliphatic carbocycles. The minimum absolute atomic E-state index is 0.0978. The van der Waals surface area contributed by atoms with Gasteiger partial charge >= 0.3 is 5.97 Å². The van der Waals surface area contributed by atoms with Gasteiger partial charge in [-0.25, -0.2) is 4.98 Å². The number of hydrogen-bond donors (Lipinski definition) is 2. The molecule has 18 heavy (non-hydrogen) atoms. The Kier molecular flexibility index (Phi) is 3.45. The van der Waals surface area contributed by atoms with Gasteiger partial charge in [0.25, 0.3) is 5.91 Å². The molecule has 0 unspecified atom stereocenters. The molecule has 2 N–H and O–H groups in total. The fraction of sp³-hybridized carbons (Fsp3) is 0.417. The van der Waals surface area contributed by atoms with Crippen LogP contribution in [-0.4, -0.2) is 45.1 Å². The summed E-state index contributed by atoms with van der Waals surface area (Å²) < 4.78 is 0. The van der Waals surface area contributed by atoms with Crippen molar-refractivity contribution in [1.29, 1.82) is 0 Å². The molecule has 2 rings (SSSR count). The normalized spacial score (nSPS) is 14.2. The fourth-order valence-corrected chi connectivity index (χ4v) is 1.71. The van der Waals surface area contributed by atoms with E-state index in [9.17, 15) is 14.7 Å². The van der Waals surface area contributed by atoms with E-state index in [2.05, 4.69) is 4.98 Å². The van der Waals surface area contributed by atoms with Gasteiger partial charge in [0.15, 0.2) is 5.69 Å². The number of hydrogen-bond acceptors (Lipinski definition) is 4. The molecule has 6 heteroatoms. The van der Waals surface area contributed by atoms with E-state index in [1.54, 1.807) is 0 Å². The Morgan fingerprint density at radius 3 is 2.72 bits per heavy atom. The van der Waals surface area contributed by atoms with Gasteiger partial charge in [0, 0.05) is 12.7 Å². The molecule has 1 aromatic heterocycles. The zero-order valence-corrected chi connectivity index (χ0v) is 9.74. The van der Waals surface area contributed by atoms with Crippen LogP contribution in [0, 0.1) is 5.92 Å². The van der Waals surface area contributed by atoms with Crippen molar-refractivity contribution in [2.75, 3.05) is 13.1 Å². The number of amides is 1. The topological polar surface area (TPSA) is 90.7 Å². The first-order chi connectivity index (χ1) is 8.58. The lowest BCUT2D eigenvalue weighted by molar-refractivity contribution is -0.137. The van der Waals surface area contributed by atoms with Crippen molar-refractivity contribution in [1.82, 2.24) is 9.88 Å². The van der Waals surface area contributed by atoms with Crippen LogP contribution in [0.1, 0.15) is 23.3 Å². The van der Waals surface area contributed by atoms with E-state index in [1.807, 2.05) is 0 Å². The lowest BCUT2D eigenvalue weighted by Gasteiger charge is -2.20. The second kappa shape index (κ2) is 5.03. The summed E-state index contributed by atoms with van der Waals surface area (Å²) in [6.07, 6.45) is 3.41. The highest BCUT2D eigenvalue weighted by Crippen LogP contribution is 2.30. The summed E-state index contributed by atoms with van der Waals surface area (Å²) in [7, 11) is 0. The van der Waals surface area contributed by atoms with Crippen molar-refractivity contribution >= 4 is 11.9 Å². The van der Waals surface area contributed by atoms with E-state index >= 15 is 0 Å². The maximum atomic E-state index is 12.1. The fourth-order valence-electron chi connectivity index (χ4n) is 1.71. The van der Waals surface area contributed by atoms with Crippen molar-refractivity contribution < 1.29 is 19.8 Å². The molecule has 1 fully saturated rings. The summed E-state index contributed by atoms with van der Waals surface area (Å²) in [5, 5.41) is 18.4. The minimum Gasteiger partial charge on any atom is -0.505 e. The van der Waals surface area contributed by atoms with Gasteiger partial charge < -0.3 is 15.1 Å². The Morgan fingerprint density at radius 1 is 1.44 bits per heavy atom. The number of pyridine rings is 1. The van der Waals surface area contributed by atoms with Crippen molar-refractivity contribution in [3.63, 3.8) is 0 Å². The number of carbonyl (C=O) groups excluding carboxylic acids is 1. The average Bonchev–Trinajstić information content (AvgIpc) is 3.11.